The molecule has 0 heterocycles. The topological polar surface area (TPSA) is 93.0 Å². The zero-order valence-electron chi connectivity index (χ0n) is 5.56. The van der Waals surface area contributed by atoms with Crippen molar-refractivity contribution in [2.45, 2.75) is 19.0 Å². The Bertz CT molecular complexity index is 66.0. The number of aliphatic hydroxyl groups excluding tert-OH is 2. The van der Waals surface area contributed by atoms with E-state index in [0.717, 1.165) is 0 Å². The summed E-state index contributed by atoms with van der Waals surface area (Å²) in [4.78, 5) is 0. The lowest BCUT2D eigenvalue weighted by atomic mass is 10.4. The lowest BCUT2D eigenvalue weighted by molar-refractivity contribution is -0.0518. The molecule has 0 aromatic heterocycles. The number of hydrogen-bond donors (Lipinski definition) is 5. The van der Waals surface area contributed by atoms with E-state index >= 15 is 0 Å². The third-order valence-corrected chi connectivity index (χ3v) is 0.906. The number of aliphatic hydroxyl groups is 4. The van der Waals surface area contributed by atoms with Crippen LogP contribution in [0, 0.1) is 0 Å². The average molecular weight is 151 g/mol. The first-order chi connectivity index (χ1) is 4.63. The van der Waals surface area contributed by atoms with Gasteiger partial charge in [0.15, 0.2) is 12.6 Å². The summed E-state index contributed by atoms with van der Waals surface area (Å²) in [5.74, 6) is 0. The molecule has 62 valence electrons. The van der Waals surface area contributed by atoms with Crippen molar-refractivity contribution in [2.75, 3.05) is 13.1 Å². The molecular weight excluding hydrogens is 138 g/mol. The van der Waals surface area contributed by atoms with E-state index in [2.05, 4.69) is 5.32 Å². The van der Waals surface area contributed by atoms with Gasteiger partial charge in [-0.15, -0.1) is 0 Å². The van der Waals surface area contributed by atoms with Crippen molar-refractivity contribution in [1.29, 1.82) is 0 Å². The molecule has 0 unspecified atom stereocenters. The predicted octanol–water partition coefficient (Wildman–Crippen LogP) is -2.41. The van der Waals surface area contributed by atoms with Gasteiger partial charge in [0.05, 0.1) is 0 Å². The van der Waals surface area contributed by atoms with Gasteiger partial charge in [0.2, 0.25) is 0 Å². The fourth-order valence-electron chi connectivity index (χ4n) is 0.462. The Hall–Kier alpha value is -0.200. The zero-order chi connectivity index (χ0) is 7.98. The highest BCUT2D eigenvalue weighted by Gasteiger charge is 1.98. The van der Waals surface area contributed by atoms with Crippen molar-refractivity contribution in [2.24, 2.45) is 0 Å². The second-order valence-electron chi connectivity index (χ2n) is 1.95. The summed E-state index contributed by atoms with van der Waals surface area (Å²) in [6.45, 7) is 0.405. The van der Waals surface area contributed by atoms with Crippen molar-refractivity contribution < 1.29 is 20.4 Å². The highest BCUT2D eigenvalue weighted by atomic mass is 16.5. The molecule has 0 radical (unpaired) electrons. The summed E-state index contributed by atoms with van der Waals surface area (Å²) in [5.41, 5.74) is 0. The molecule has 0 aliphatic heterocycles. The molecule has 0 amide bonds. The van der Waals surface area contributed by atoms with Gasteiger partial charge in [-0.1, -0.05) is 0 Å². The van der Waals surface area contributed by atoms with Crippen LogP contribution in [0.3, 0.4) is 0 Å². The highest BCUT2D eigenvalue weighted by molar-refractivity contribution is 4.48. The highest BCUT2D eigenvalue weighted by Crippen LogP contribution is 1.81. The van der Waals surface area contributed by atoms with Crippen LogP contribution in [-0.4, -0.2) is 46.1 Å². The smallest absolute Gasteiger partial charge is 0.164 e. The van der Waals surface area contributed by atoms with Crippen LogP contribution in [0.15, 0.2) is 0 Å². The summed E-state index contributed by atoms with van der Waals surface area (Å²) in [5, 5.41) is 35.8. The summed E-state index contributed by atoms with van der Waals surface area (Å²) < 4.78 is 0. The minimum atomic E-state index is -1.38. The molecule has 0 rings (SSSR count). The van der Waals surface area contributed by atoms with Gasteiger partial charge >= 0.3 is 0 Å². The molecular formula is C5H13NO4. The predicted molar refractivity (Wildman–Crippen MR) is 33.9 cm³/mol. The monoisotopic (exact) mass is 151 g/mol. The maximum Gasteiger partial charge on any atom is 0.164 e. The van der Waals surface area contributed by atoms with Crippen LogP contribution < -0.4 is 5.32 Å². The maximum absolute atomic E-state index is 8.31. The van der Waals surface area contributed by atoms with Crippen LogP contribution in [0.4, 0.5) is 0 Å². The standard InChI is InChI=1S/C5H13NO4/c7-4(8)1-2-6-3-5(9)10/h4-10H,1-3H2. The molecule has 5 nitrogen and oxygen atoms in total. The zero-order valence-corrected chi connectivity index (χ0v) is 5.56. The molecule has 0 aromatic rings. The Balaban J connectivity index is 2.91. The Labute approximate surface area is 58.9 Å². The van der Waals surface area contributed by atoms with Crippen LogP contribution in [0.1, 0.15) is 6.42 Å². The minimum absolute atomic E-state index is 0.0483. The van der Waals surface area contributed by atoms with E-state index in [1.54, 1.807) is 0 Å². The Morgan fingerprint density at radius 2 is 1.60 bits per heavy atom. The first-order valence-electron chi connectivity index (χ1n) is 3.06. The van der Waals surface area contributed by atoms with E-state index in [4.69, 9.17) is 20.4 Å². The molecule has 0 saturated carbocycles. The fourth-order valence-corrected chi connectivity index (χ4v) is 0.462. The van der Waals surface area contributed by atoms with Crippen LogP contribution in [-0.2, 0) is 0 Å². The first kappa shape index (κ1) is 9.80. The molecule has 0 aliphatic rings. The molecule has 0 saturated heterocycles. The maximum atomic E-state index is 8.31. The Morgan fingerprint density at radius 1 is 1.00 bits per heavy atom. The molecule has 5 heteroatoms. The van der Waals surface area contributed by atoms with Crippen molar-refractivity contribution in [1.82, 2.24) is 5.32 Å². The van der Waals surface area contributed by atoms with Gasteiger partial charge in [-0.05, 0) is 0 Å². The lowest BCUT2D eigenvalue weighted by Gasteiger charge is -2.06. The minimum Gasteiger partial charge on any atom is -0.368 e. The largest absolute Gasteiger partial charge is 0.368 e. The van der Waals surface area contributed by atoms with Crippen LogP contribution in [0.2, 0.25) is 0 Å². The van der Waals surface area contributed by atoms with Gasteiger partial charge in [-0.25, -0.2) is 0 Å². The van der Waals surface area contributed by atoms with Crippen LogP contribution in [0.25, 0.3) is 0 Å². The van der Waals surface area contributed by atoms with Gasteiger partial charge in [0.25, 0.3) is 0 Å². The Morgan fingerprint density at radius 3 is 2.00 bits per heavy atom. The van der Waals surface area contributed by atoms with E-state index in [1.807, 2.05) is 0 Å². The lowest BCUT2D eigenvalue weighted by Crippen LogP contribution is -2.28. The van der Waals surface area contributed by atoms with Crippen molar-refractivity contribution in [3.8, 4) is 0 Å². The van der Waals surface area contributed by atoms with E-state index < -0.39 is 12.6 Å². The van der Waals surface area contributed by atoms with E-state index in [9.17, 15) is 0 Å². The van der Waals surface area contributed by atoms with Crippen molar-refractivity contribution >= 4 is 0 Å². The molecule has 0 fully saturated rings. The molecule has 10 heavy (non-hydrogen) atoms. The second kappa shape index (κ2) is 5.57. The fraction of sp³-hybridized carbons (Fsp3) is 1.00. The third kappa shape index (κ3) is 7.80. The summed E-state index contributed by atoms with van der Waals surface area (Å²) in [7, 11) is 0. The van der Waals surface area contributed by atoms with Gasteiger partial charge in [-0.3, -0.25) is 0 Å². The second-order valence-corrected chi connectivity index (χ2v) is 1.95. The van der Waals surface area contributed by atoms with Crippen LogP contribution in [0.5, 0.6) is 0 Å². The van der Waals surface area contributed by atoms with Gasteiger partial charge < -0.3 is 25.7 Å². The summed E-state index contributed by atoms with van der Waals surface area (Å²) in [6, 6.07) is 0. The van der Waals surface area contributed by atoms with Crippen molar-refractivity contribution in [3.63, 3.8) is 0 Å². The molecule has 0 aliphatic carbocycles. The Kier molecular flexibility index (Phi) is 5.46. The molecule has 0 atom stereocenters. The normalized spacial score (nSPS) is 11.4. The molecule has 0 spiro atoms. The van der Waals surface area contributed by atoms with E-state index in [-0.39, 0.29) is 13.0 Å². The number of rotatable bonds is 5. The number of hydrogen-bond acceptors (Lipinski definition) is 5. The van der Waals surface area contributed by atoms with Gasteiger partial charge in [0, 0.05) is 19.5 Å². The quantitative estimate of drug-likeness (QED) is 0.223. The van der Waals surface area contributed by atoms with E-state index in [1.165, 1.54) is 0 Å². The van der Waals surface area contributed by atoms with Gasteiger partial charge in [-0.2, -0.15) is 0 Å². The summed E-state index contributed by atoms with van der Waals surface area (Å²) in [6.07, 6.45) is -2.52. The molecule has 5 N–H and O–H groups in total. The van der Waals surface area contributed by atoms with Crippen molar-refractivity contribution in [3.05, 3.63) is 0 Å². The molecule has 0 bridgehead atoms. The third-order valence-electron chi connectivity index (χ3n) is 0.906. The van der Waals surface area contributed by atoms with E-state index in [0.29, 0.717) is 6.54 Å². The van der Waals surface area contributed by atoms with Crippen LogP contribution >= 0.6 is 0 Å². The summed E-state index contributed by atoms with van der Waals surface area (Å²) >= 11 is 0. The number of nitrogens with one attached hydrogen (secondary N) is 1. The SMILES string of the molecule is OC(O)CCNCC(O)O. The van der Waals surface area contributed by atoms with Gasteiger partial charge in [0.1, 0.15) is 0 Å². The molecule has 0 aromatic carbocycles. The first-order valence-corrected chi connectivity index (χ1v) is 3.06. The average Bonchev–Trinajstić information content (AvgIpc) is 1.79.